The maximum absolute atomic E-state index is 5.13. The number of nitrogens with one attached hydrogen (secondary N) is 1. The topological polar surface area (TPSA) is 39.1 Å². The van der Waals surface area contributed by atoms with E-state index in [1.54, 1.807) is 11.8 Å². The summed E-state index contributed by atoms with van der Waals surface area (Å²) in [5, 5.41) is 7.47. The minimum absolute atomic E-state index is 0.663. The number of nitrogens with zero attached hydrogens (tertiary/aromatic N) is 2. The van der Waals surface area contributed by atoms with Crippen molar-refractivity contribution in [2.45, 2.75) is 20.3 Å². The number of anilines is 1. The highest BCUT2D eigenvalue weighted by molar-refractivity contribution is 5.50. The molecule has 0 fully saturated rings. The van der Waals surface area contributed by atoms with Crippen LogP contribution in [0.1, 0.15) is 20.3 Å². The zero-order valence-corrected chi connectivity index (χ0v) is 9.37. The van der Waals surface area contributed by atoms with Crippen molar-refractivity contribution in [2.75, 3.05) is 19.0 Å². The Morgan fingerprint density at radius 1 is 1.57 bits per heavy atom. The Bertz CT molecular complexity index is 281. The smallest absolute Gasteiger partial charge is 0.256 e. The zero-order chi connectivity index (χ0) is 10.6. The lowest BCUT2D eigenvalue weighted by atomic mass is 10.1. The minimum Gasteiger partial charge on any atom is -0.478 e. The number of hydrogen-bond donors (Lipinski definition) is 1. The Hall–Kier alpha value is -1.19. The van der Waals surface area contributed by atoms with E-state index in [1.165, 1.54) is 0 Å². The largest absolute Gasteiger partial charge is 0.478 e. The van der Waals surface area contributed by atoms with Crippen LogP contribution >= 0.6 is 0 Å². The van der Waals surface area contributed by atoms with Crippen molar-refractivity contribution in [1.29, 1.82) is 0 Å². The molecule has 0 unspecified atom stereocenters. The molecule has 1 rings (SSSR count). The Labute approximate surface area is 85.3 Å². The Balaban J connectivity index is 2.48. The molecule has 80 valence electrons. The molecule has 0 spiro atoms. The van der Waals surface area contributed by atoms with E-state index in [9.17, 15) is 0 Å². The van der Waals surface area contributed by atoms with Gasteiger partial charge in [0.2, 0.25) is 0 Å². The first-order valence-electron chi connectivity index (χ1n) is 4.95. The summed E-state index contributed by atoms with van der Waals surface area (Å²) in [7, 11) is 3.52. The molecule has 1 aromatic heterocycles. The minimum atomic E-state index is 0.663. The molecule has 0 aromatic carbocycles. The summed E-state index contributed by atoms with van der Waals surface area (Å²) in [6.45, 7) is 5.38. The molecule has 0 saturated heterocycles. The van der Waals surface area contributed by atoms with Crippen molar-refractivity contribution in [2.24, 2.45) is 13.0 Å². The van der Waals surface area contributed by atoms with Crippen LogP contribution in [0, 0.1) is 5.92 Å². The van der Waals surface area contributed by atoms with Gasteiger partial charge in [-0.05, 0) is 12.3 Å². The molecule has 4 nitrogen and oxygen atoms in total. The molecule has 0 radical (unpaired) electrons. The highest BCUT2D eigenvalue weighted by Gasteiger charge is 2.06. The second-order valence-corrected chi connectivity index (χ2v) is 3.84. The molecular formula is C10H19N3O. The van der Waals surface area contributed by atoms with Crippen LogP contribution in [0.25, 0.3) is 0 Å². The van der Waals surface area contributed by atoms with Crippen LogP contribution in [0.2, 0.25) is 0 Å². The van der Waals surface area contributed by atoms with Crippen molar-refractivity contribution in [3.05, 3.63) is 6.20 Å². The van der Waals surface area contributed by atoms with Crippen molar-refractivity contribution in [1.82, 2.24) is 9.78 Å². The van der Waals surface area contributed by atoms with Gasteiger partial charge in [0.15, 0.2) is 0 Å². The number of rotatable bonds is 5. The second kappa shape index (κ2) is 4.88. The van der Waals surface area contributed by atoms with Crippen LogP contribution in [0.15, 0.2) is 6.20 Å². The SMILES string of the molecule is COc1nn(C)cc1NCCC(C)C. The number of hydrogen-bond acceptors (Lipinski definition) is 3. The number of aryl methyl sites for hydroxylation is 1. The molecule has 0 bridgehead atoms. The van der Waals surface area contributed by atoms with Crippen LogP contribution < -0.4 is 10.1 Å². The van der Waals surface area contributed by atoms with Gasteiger partial charge < -0.3 is 10.1 Å². The van der Waals surface area contributed by atoms with E-state index >= 15 is 0 Å². The van der Waals surface area contributed by atoms with Crippen molar-refractivity contribution >= 4 is 5.69 Å². The third kappa shape index (κ3) is 2.94. The van der Waals surface area contributed by atoms with E-state index in [1.807, 2.05) is 13.2 Å². The molecule has 0 aliphatic rings. The van der Waals surface area contributed by atoms with Crippen molar-refractivity contribution in [3.8, 4) is 5.88 Å². The lowest BCUT2D eigenvalue weighted by molar-refractivity contribution is 0.393. The van der Waals surface area contributed by atoms with Gasteiger partial charge in [-0.25, -0.2) is 0 Å². The fraction of sp³-hybridized carbons (Fsp3) is 0.700. The van der Waals surface area contributed by atoms with Crippen LogP contribution in [0.4, 0.5) is 5.69 Å². The molecule has 0 amide bonds. The van der Waals surface area contributed by atoms with E-state index in [2.05, 4.69) is 24.3 Å². The number of aromatic nitrogens is 2. The molecule has 14 heavy (non-hydrogen) atoms. The fourth-order valence-corrected chi connectivity index (χ4v) is 1.24. The van der Waals surface area contributed by atoms with Gasteiger partial charge >= 0.3 is 0 Å². The predicted molar refractivity (Wildman–Crippen MR) is 57.7 cm³/mol. The summed E-state index contributed by atoms with van der Waals surface area (Å²) in [5.74, 6) is 1.38. The fourth-order valence-electron chi connectivity index (χ4n) is 1.24. The first-order chi connectivity index (χ1) is 6.63. The van der Waals surface area contributed by atoms with E-state index in [-0.39, 0.29) is 0 Å². The van der Waals surface area contributed by atoms with Gasteiger partial charge in [0.1, 0.15) is 5.69 Å². The Kier molecular flexibility index (Phi) is 3.80. The first kappa shape index (κ1) is 10.9. The average molecular weight is 197 g/mol. The lowest BCUT2D eigenvalue weighted by Crippen LogP contribution is -2.04. The summed E-state index contributed by atoms with van der Waals surface area (Å²) < 4.78 is 6.88. The molecule has 0 saturated carbocycles. The summed E-state index contributed by atoms with van der Waals surface area (Å²) in [5.41, 5.74) is 0.968. The maximum Gasteiger partial charge on any atom is 0.256 e. The third-order valence-electron chi connectivity index (χ3n) is 2.03. The molecule has 1 aromatic rings. The van der Waals surface area contributed by atoms with Crippen LogP contribution in [0.3, 0.4) is 0 Å². The van der Waals surface area contributed by atoms with Crippen molar-refractivity contribution in [3.63, 3.8) is 0 Å². The van der Waals surface area contributed by atoms with E-state index in [0.29, 0.717) is 11.8 Å². The van der Waals surface area contributed by atoms with Crippen LogP contribution in [-0.4, -0.2) is 23.4 Å². The van der Waals surface area contributed by atoms with Gasteiger partial charge in [0.25, 0.3) is 5.88 Å². The third-order valence-corrected chi connectivity index (χ3v) is 2.03. The van der Waals surface area contributed by atoms with Gasteiger partial charge in [-0.3, -0.25) is 4.68 Å². The zero-order valence-electron chi connectivity index (χ0n) is 9.37. The monoisotopic (exact) mass is 197 g/mol. The van der Waals surface area contributed by atoms with Crippen molar-refractivity contribution < 1.29 is 4.74 Å². The maximum atomic E-state index is 5.13. The standard InChI is InChI=1S/C10H19N3O/c1-8(2)5-6-11-9-7-13(3)12-10(9)14-4/h7-8,11H,5-6H2,1-4H3. The predicted octanol–water partition coefficient (Wildman–Crippen LogP) is 1.89. The van der Waals surface area contributed by atoms with E-state index < -0.39 is 0 Å². The summed E-state index contributed by atoms with van der Waals surface area (Å²) >= 11 is 0. The molecule has 0 aliphatic heterocycles. The highest BCUT2D eigenvalue weighted by Crippen LogP contribution is 2.20. The quantitative estimate of drug-likeness (QED) is 0.783. The normalized spacial score (nSPS) is 10.6. The summed E-state index contributed by atoms with van der Waals surface area (Å²) in [6.07, 6.45) is 3.08. The van der Waals surface area contributed by atoms with Gasteiger partial charge in [-0.1, -0.05) is 13.8 Å². The van der Waals surface area contributed by atoms with Gasteiger partial charge in [-0.2, -0.15) is 0 Å². The Morgan fingerprint density at radius 3 is 2.86 bits per heavy atom. The Morgan fingerprint density at radius 2 is 2.29 bits per heavy atom. The second-order valence-electron chi connectivity index (χ2n) is 3.84. The van der Waals surface area contributed by atoms with Gasteiger partial charge in [0.05, 0.1) is 13.3 Å². The lowest BCUT2D eigenvalue weighted by Gasteiger charge is -2.06. The van der Waals surface area contributed by atoms with E-state index in [4.69, 9.17) is 4.74 Å². The molecule has 4 heteroatoms. The summed E-state index contributed by atoms with van der Waals surface area (Å²) in [6, 6.07) is 0. The highest BCUT2D eigenvalue weighted by atomic mass is 16.5. The summed E-state index contributed by atoms with van der Waals surface area (Å²) in [4.78, 5) is 0. The van der Waals surface area contributed by atoms with Gasteiger partial charge in [-0.15, -0.1) is 5.10 Å². The van der Waals surface area contributed by atoms with Gasteiger partial charge in [0, 0.05) is 13.6 Å². The molecule has 1 heterocycles. The van der Waals surface area contributed by atoms with E-state index in [0.717, 1.165) is 18.7 Å². The first-order valence-corrected chi connectivity index (χ1v) is 4.95. The molecule has 0 aliphatic carbocycles. The molecule has 0 atom stereocenters. The molecule has 1 N–H and O–H groups in total. The average Bonchev–Trinajstić information content (AvgIpc) is 2.45. The van der Waals surface area contributed by atoms with Crippen LogP contribution in [-0.2, 0) is 7.05 Å². The van der Waals surface area contributed by atoms with Crippen LogP contribution in [0.5, 0.6) is 5.88 Å². The number of ether oxygens (including phenoxy) is 1. The molecular weight excluding hydrogens is 178 g/mol. The number of methoxy groups -OCH3 is 1.